The molecule has 94 valence electrons. The van der Waals surface area contributed by atoms with Crippen LogP contribution in [0.3, 0.4) is 0 Å². The fourth-order valence-electron chi connectivity index (χ4n) is 2.03. The minimum atomic E-state index is 0.331. The lowest BCUT2D eigenvalue weighted by Gasteiger charge is -2.15. The van der Waals surface area contributed by atoms with Gasteiger partial charge in [-0.15, -0.1) is 0 Å². The topological polar surface area (TPSA) is 17.1 Å². The molecule has 0 aliphatic rings. The zero-order valence-corrected chi connectivity index (χ0v) is 12.8. The lowest BCUT2D eigenvalue weighted by atomic mass is 9.95. The van der Waals surface area contributed by atoms with Crippen molar-refractivity contribution in [2.45, 2.75) is 53.6 Å². The lowest BCUT2D eigenvalue weighted by Crippen LogP contribution is -2.06. The maximum Gasteiger partial charge on any atom is 0.181 e. The molecular formula is C15H23OP. The Labute approximate surface area is 107 Å². The summed E-state index contributed by atoms with van der Waals surface area (Å²) in [6.07, 6.45) is 1.08. The molecule has 0 aromatic heterocycles. The van der Waals surface area contributed by atoms with Crippen molar-refractivity contribution in [2.75, 3.05) is 0 Å². The largest absolute Gasteiger partial charge is 0.289 e. The third kappa shape index (κ3) is 3.16. The first-order valence-electron chi connectivity index (χ1n) is 6.26. The minimum Gasteiger partial charge on any atom is -0.289 e. The van der Waals surface area contributed by atoms with E-state index in [4.69, 9.17) is 0 Å². The third-order valence-corrected chi connectivity index (χ3v) is 4.99. The molecule has 0 bridgehead atoms. The molecule has 0 saturated carbocycles. The second-order valence-corrected chi connectivity index (χ2v) is 6.65. The smallest absolute Gasteiger partial charge is 0.181 e. The summed E-state index contributed by atoms with van der Waals surface area (Å²) in [7, 11) is 0.404. The second-order valence-electron chi connectivity index (χ2n) is 4.92. The molecule has 0 radical (unpaired) electrons. The lowest BCUT2D eigenvalue weighted by molar-refractivity contribution is 0.108. The second kappa shape index (κ2) is 5.78. The highest BCUT2D eigenvalue weighted by Crippen LogP contribution is 2.31. The Kier molecular flexibility index (Phi) is 4.89. The van der Waals surface area contributed by atoms with Gasteiger partial charge in [0.15, 0.2) is 5.52 Å². The van der Waals surface area contributed by atoms with E-state index in [1.165, 1.54) is 16.7 Å². The van der Waals surface area contributed by atoms with Crippen molar-refractivity contribution < 1.29 is 4.79 Å². The van der Waals surface area contributed by atoms with E-state index in [-0.39, 0.29) is 0 Å². The predicted molar refractivity (Wildman–Crippen MR) is 77.8 cm³/mol. The van der Waals surface area contributed by atoms with Crippen LogP contribution in [0.15, 0.2) is 6.07 Å². The molecule has 17 heavy (non-hydrogen) atoms. The average molecular weight is 250 g/mol. The van der Waals surface area contributed by atoms with Crippen molar-refractivity contribution in [1.29, 1.82) is 0 Å². The van der Waals surface area contributed by atoms with Crippen LogP contribution in [0.25, 0.3) is 0 Å². The van der Waals surface area contributed by atoms with E-state index < -0.39 is 0 Å². The van der Waals surface area contributed by atoms with Gasteiger partial charge in [-0.2, -0.15) is 0 Å². The quantitative estimate of drug-likeness (QED) is 0.717. The number of carbonyl (C=O) groups excluding carboxylic acids is 1. The van der Waals surface area contributed by atoms with Gasteiger partial charge in [0.25, 0.3) is 0 Å². The highest BCUT2D eigenvalue weighted by atomic mass is 31.1. The Morgan fingerprint density at radius 3 is 2.29 bits per heavy atom. The summed E-state index contributed by atoms with van der Waals surface area (Å²) in [5.41, 5.74) is 6.64. The zero-order chi connectivity index (χ0) is 13.2. The molecule has 0 fully saturated rings. The average Bonchev–Trinajstić information content (AvgIpc) is 2.25. The molecule has 0 amide bonds. The molecule has 2 unspecified atom stereocenters. The molecule has 1 aromatic rings. The molecule has 2 atom stereocenters. The third-order valence-electron chi connectivity index (χ3n) is 3.57. The van der Waals surface area contributed by atoms with Crippen LogP contribution in [0.4, 0.5) is 0 Å². The van der Waals surface area contributed by atoms with Gasteiger partial charge in [-0.05, 0) is 70.6 Å². The first-order valence-corrected chi connectivity index (χ1v) is 7.34. The first-order chi connectivity index (χ1) is 7.88. The van der Waals surface area contributed by atoms with E-state index in [1.807, 2.05) is 6.92 Å². The summed E-state index contributed by atoms with van der Waals surface area (Å²) < 4.78 is 0. The van der Waals surface area contributed by atoms with Gasteiger partial charge in [0, 0.05) is 5.56 Å². The monoisotopic (exact) mass is 250 g/mol. The van der Waals surface area contributed by atoms with Gasteiger partial charge in [-0.1, -0.05) is 19.9 Å². The van der Waals surface area contributed by atoms with Gasteiger partial charge in [0.05, 0.1) is 0 Å². The SMILES string of the molecule is CCC(C)PC(=O)c1c(C)cc(C)c(C)c1C. The van der Waals surface area contributed by atoms with Gasteiger partial charge in [-0.3, -0.25) is 4.79 Å². The fraction of sp³-hybridized carbons (Fsp3) is 0.533. The van der Waals surface area contributed by atoms with Gasteiger partial charge in [-0.25, -0.2) is 0 Å². The van der Waals surface area contributed by atoms with Crippen molar-refractivity contribution in [1.82, 2.24) is 0 Å². The number of aryl methyl sites for hydroxylation is 2. The van der Waals surface area contributed by atoms with Gasteiger partial charge >= 0.3 is 0 Å². The van der Waals surface area contributed by atoms with E-state index in [2.05, 4.69) is 40.7 Å². The fourth-order valence-corrected chi connectivity index (χ4v) is 3.21. The number of rotatable bonds is 4. The van der Waals surface area contributed by atoms with Crippen LogP contribution in [0, 0.1) is 27.7 Å². The van der Waals surface area contributed by atoms with Crippen LogP contribution >= 0.6 is 8.58 Å². The summed E-state index contributed by atoms with van der Waals surface area (Å²) in [4.78, 5) is 12.3. The highest BCUT2D eigenvalue weighted by molar-refractivity contribution is 7.59. The standard InChI is InChI=1S/C15H23OP/c1-7-11(4)17-15(16)14-10(3)8-9(2)12(5)13(14)6/h8,11,17H,7H2,1-6H3. The van der Waals surface area contributed by atoms with Gasteiger partial charge < -0.3 is 0 Å². The Bertz CT molecular complexity index is 435. The van der Waals surface area contributed by atoms with Crippen LogP contribution < -0.4 is 0 Å². The zero-order valence-electron chi connectivity index (χ0n) is 11.8. The minimum absolute atomic E-state index is 0.331. The molecular weight excluding hydrogens is 227 g/mol. The molecule has 0 N–H and O–H groups in total. The van der Waals surface area contributed by atoms with E-state index in [0.29, 0.717) is 19.8 Å². The van der Waals surface area contributed by atoms with Crippen molar-refractivity contribution in [3.05, 3.63) is 33.9 Å². The summed E-state index contributed by atoms with van der Waals surface area (Å²) >= 11 is 0. The van der Waals surface area contributed by atoms with Gasteiger partial charge in [0.2, 0.25) is 0 Å². The molecule has 0 aliphatic carbocycles. The van der Waals surface area contributed by atoms with Crippen LogP contribution in [0.5, 0.6) is 0 Å². The van der Waals surface area contributed by atoms with E-state index in [0.717, 1.165) is 17.5 Å². The van der Waals surface area contributed by atoms with E-state index in [1.54, 1.807) is 0 Å². The van der Waals surface area contributed by atoms with Gasteiger partial charge in [0.1, 0.15) is 0 Å². The van der Waals surface area contributed by atoms with Crippen LogP contribution in [-0.2, 0) is 0 Å². The molecule has 1 rings (SSSR count). The Balaban J connectivity index is 3.14. The number of hydrogen-bond donors (Lipinski definition) is 0. The maximum atomic E-state index is 12.3. The molecule has 2 heteroatoms. The van der Waals surface area contributed by atoms with E-state index in [9.17, 15) is 4.79 Å². The molecule has 0 heterocycles. The summed E-state index contributed by atoms with van der Waals surface area (Å²) in [6, 6.07) is 2.14. The number of hydrogen-bond acceptors (Lipinski definition) is 1. The van der Waals surface area contributed by atoms with E-state index >= 15 is 0 Å². The first kappa shape index (κ1) is 14.4. The van der Waals surface area contributed by atoms with Crippen LogP contribution in [0.2, 0.25) is 0 Å². The highest BCUT2D eigenvalue weighted by Gasteiger charge is 2.16. The Hall–Kier alpha value is -0.680. The predicted octanol–water partition coefficient (Wildman–Crippen LogP) is 4.54. The molecule has 0 spiro atoms. The maximum absolute atomic E-state index is 12.3. The number of benzene rings is 1. The Morgan fingerprint density at radius 2 is 1.76 bits per heavy atom. The molecule has 0 saturated heterocycles. The Morgan fingerprint density at radius 1 is 1.18 bits per heavy atom. The van der Waals surface area contributed by atoms with Crippen molar-refractivity contribution in [3.8, 4) is 0 Å². The van der Waals surface area contributed by atoms with Crippen molar-refractivity contribution in [3.63, 3.8) is 0 Å². The van der Waals surface area contributed by atoms with Crippen molar-refractivity contribution in [2.24, 2.45) is 0 Å². The molecule has 1 aromatic carbocycles. The number of carbonyl (C=O) groups is 1. The normalized spacial score (nSPS) is 13.3. The molecule has 0 aliphatic heterocycles. The summed E-state index contributed by atoms with van der Waals surface area (Å²) in [6.45, 7) is 12.6. The molecule has 1 nitrogen and oxygen atoms in total. The van der Waals surface area contributed by atoms with Crippen LogP contribution in [-0.4, -0.2) is 11.2 Å². The van der Waals surface area contributed by atoms with Crippen LogP contribution in [0.1, 0.15) is 52.9 Å². The van der Waals surface area contributed by atoms with Crippen molar-refractivity contribution >= 4 is 14.1 Å². The summed E-state index contributed by atoms with van der Waals surface area (Å²) in [5, 5.41) is 0. The summed E-state index contributed by atoms with van der Waals surface area (Å²) in [5.74, 6) is 0.